The van der Waals surface area contributed by atoms with Crippen LogP contribution in [-0.2, 0) is 11.3 Å². The van der Waals surface area contributed by atoms with Crippen LogP contribution in [0.4, 0.5) is 0 Å². The van der Waals surface area contributed by atoms with E-state index in [1.807, 2.05) is 55.9 Å². The molecule has 1 amide bonds. The lowest BCUT2D eigenvalue weighted by atomic mass is 10.1. The van der Waals surface area contributed by atoms with Crippen LogP contribution in [0.2, 0.25) is 0 Å². The highest BCUT2D eigenvalue weighted by atomic mass is 35.5. The van der Waals surface area contributed by atoms with Gasteiger partial charge in [-0.05, 0) is 38.6 Å². The third-order valence-electron chi connectivity index (χ3n) is 3.31. The van der Waals surface area contributed by atoms with Crippen molar-refractivity contribution >= 4 is 18.3 Å². The first-order chi connectivity index (χ1) is 10.1. The van der Waals surface area contributed by atoms with Crippen LogP contribution < -0.4 is 10.6 Å². The third kappa shape index (κ3) is 4.58. The Morgan fingerprint density at radius 1 is 1.27 bits per heavy atom. The predicted molar refractivity (Wildman–Crippen MR) is 90.7 cm³/mol. The molecule has 6 heteroatoms. The van der Waals surface area contributed by atoms with E-state index in [4.69, 9.17) is 0 Å². The van der Waals surface area contributed by atoms with Crippen LogP contribution in [0.5, 0.6) is 0 Å². The zero-order valence-electron chi connectivity index (χ0n) is 13.2. The molecule has 0 unspecified atom stereocenters. The second-order valence-electron chi connectivity index (χ2n) is 5.10. The summed E-state index contributed by atoms with van der Waals surface area (Å²) in [6.45, 7) is 5.20. The molecule has 0 radical (unpaired) electrons. The first-order valence-electron chi connectivity index (χ1n) is 7.14. The lowest BCUT2D eigenvalue weighted by molar-refractivity contribution is -0.121. The van der Waals surface area contributed by atoms with E-state index in [9.17, 15) is 4.79 Å². The molecule has 0 bridgehead atoms. The summed E-state index contributed by atoms with van der Waals surface area (Å²) in [4.78, 5) is 11.7. The van der Waals surface area contributed by atoms with Crippen molar-refractivity contribution in [1.82, 2.24) is 20.4 Å². The van der Waals surface area contributed by atoms with Crippen molar-refractivity contribution < 1.29 is 4.79 Å². The van der Waals surface area contributed by atoms with Crippen molar-refractivity contribution in [2.45, 2.75) is 26.8 Å². The number of halogens is 1. The maximum atomic E-state index is 11.7. The van der Waals surface area contributed by atoms with Gasteiger partial charge in [0.1, 0.15) is 0 Å². The molecule has 120 valence electrons. The van der Waals surface area contributed by atoms with Crippen LogP contribution in [0, 0.1) is 13.8 Å². The summed E-state index contributed by atoms with van der Waals surface area (Å²) < 4.78 is 1.92. The van der Waals surface area contributed by atoms with E-state index in [0.29, 0.717) is 19.5 Å². The Hall–Kier alpha value is -1.85. The van der Waals surface area contributed by atoms with Crippen LogP contribution >= 0.6 is 12.4 Å². The topological polar surface area (TPSA) is 59.0 Å². The van der Waals surface area contributed by atoms with Gasteiger partial charge in [-0.3, -0.25) is 4.79 Å². The molecule has 2 rings (SSSR count). The molecule has 22 heavy (non-hydrogen) atoms. The molecule has 0 aliphatic carbocycles. The third-order valence-corrected chi connectivity index (χ3v) is 3.31. The van der Waals surface area contributed by atoms with Crippen molar-refractivity contribution in [3.63, 3.8) is 0 Å². The molecule has 1 heterocycles. The van der Waals surface area contributed by atoms with Gasteiger partial charge in [-0.2, -0.15) is 5.10 Å². The minimum atomic E-state index is 0. The zero-order chi connectivity index (χ0) is 15.2. The van der Waals surface area contributed by atoms with Gasteiger partial charge in [-0.1, -0.05) is 18.2 Å². The molecule has 0 saturated carbocycles. The largest absolute Gasteiger partial charge is 0.352 e. The molecule has 0 atom stereocenters. The molecule has 2 N–H and O–H groups in total. The standard InChI is InChI=1S/C16H22N4O.ClH/c1-12-10-13(2)20(19-12)15-7-5-4-6-14(15)11-18-16(21)8-9-17-3;/h4-7,10,17H,8-9,11H2,1-3H3,(H,18,21);1H. The monoisotopic (exact) mass is 322 g/mol. The summed E-state index contributed by atoms with van der Waals surface area (Å²) >= 11 is 0. The molecule has 5 nitrogen and oxygen atoms in total. The number of amides is 1. The molecule has 1 aromatic carbocycles. The van der Waals surface area contributed by atoms with Crippen molar-refractivity contribution in [3.8, 4) is 5.69 Å². The lowest BCUT2D eigenvalue weighted by Gasteiger charge is -2.12. The maximum Gasteiger partial charge on any atom is 0.221 e. The average molecular weight is 323 g/mol. The summed E-state index contributed by atoms with van der Waals surface area (Å²) in [5, 5.41) is 10.4. The molecule has 0 spiro atoms. The van der Waals surface area contributed by atoms with Crippen molar-refractivity contribution in [1.29, 1.82) is 0 Å². The molecule has 0 fully saturated rings. The van der Waals surface area contributed by atoms with E-state index in [1.165, 1.54) is 0 Å². The molecule has 0 saturated heterocycles. The zero-order valence-corrected chi connectivity index (χ0v) is 14.0. The quantitative estimate of drug-likeness (QED) is 0.856. The van der Waals surface area contributed by atoms with E-state index in [-0.39, 0.29) is 18.3 Å². The molecule has 1 aromatic heterocycles. The Bertz CT molecular complexity index is 624. The van der Waals surface area contributed by atoms with Crippen molar-refractivity contribution in [3.05, 3.63) is 47.3 Å². The van der Waals surface area contributed by atoms with Gasteiger partial charge in [0.15, 0.2) is 0 Å². The summed E-state index contributed by atoms with van der Waals surface area (Å²) in [5.41, 5.74) is 4.14. The SMILES string of the molecule is CNCCC(=O)NCc1ccccc1-n1nc(C)cc1C.Cl. The van der Waals surface area contributed by atoms with Crippen LogP contribution in [0.25, 0.3) is 5.69 Å². The van der Waals surface area contributed by atoms with E-state index in [0.717, 1.165) is 22.6 Å². The van der Waals surface area contributed by atoms with Gasteiger partial charge < -0.3 is 10.6 Å². The fourth-order valence-corrected chi connectivity index (χ4v) is 2.26. The second kappa shape index (κ2) is 8.56. The Morgan fingerprint density at radius 2 is 2.00 bits per heavy atom. The van der Waals surface area contributed by atoms with Gasteiger partial charge in [0.2, 0.25) is 5.91 Å². The molecular weight excluding hydrogens is 300 g/mol. The number of nitrogens with zero attached hydrogens (tertiary/aromatic N) is 2. The number of rotatable bonds is 6. The Balaban J connectivity index is 0.00000242. The first kappa shape index (κ1) is 18.2. The van der Waals surface area contributed by atoms with E-state index in [1.54, 1.807) is 0 Å². The van der Waals surface area contributed by atoms with Crippen molar-refractivity contribution in [2.24, 2.45) is 0 Å². The number of para-hydroxylation sites is 1. The number of hydrogen-bond donors (Lipinski definition) is 2. The fourth-order valence-electron chi connectivity index (χ4n) is 2.26. The molecule has 0 aliphatic heterocycles. The minimum absolute atomic E-state index is 0. The molecule has 0 aliphatic rings. The lowest BCUT2D eigenvalue weighted by Crippen LogP contribution is -2.26. The number of carbonyl (C=O) groups is 1. The number of nitrogens with one attached hydrogen (secondary N) is 2. The number of benzene rings is 1. The number of aryl methyl sites for hydroxylation is 2. The maximum absolute atomic E-state index is 11.7. The number of hydrogen-bond acceptors (Lipinski definition) is 3. The van der Waals surface area contributed by atoms with Gasteiger partial charge in [0.05, 0.1) is 11.4 Å². The second-order valence-corrected chi connectivity index (χ2v) is 5.10. The summed E-state index contributed by atoms with van der Waals surface area (Å²) in [7, 11) is 1.84. The highest BCUT2D eigenvalue weighted by molar-refractivity contribution is 5.85. The minimum Gasteiger partial charge on any atom is -0.352 e. The summed E-state index contributed by atoms with van der Waals surface area (Å²) in [6, 6.07) is 10.0. The Labute approximate surface area is 137 Å². The van der Waals surface area contributed by atoms with Gasteiger partial charge in [0, 0.05) is 25.2 Å². The van der Waals surface area contributed by atoms with Crippen molar-refractivity contribution in [2.75, 3.05) is 13.6 Å². The van der Waals surface area contributed by atoms with Crippen LogP contribution in [0.3, 0.4) is 0 Å². The smallest absolute Gasteiger partial charge is 0.221 e. The normalized spacial score (nSPS) is 10.1. The predicted octanol–water partition coefficient (Wildman–Crippen LogP) is 2.14. The number of aromatic nitrogens is 2. The van der Waals surface area contributed by atoms with Gasteiger partial charge in [0.25, 0.3) is 0 Å². The first-order valence-corrected chi connectivity index (χ1v) is 7.14. The summed E-state index contributed by atoms with van der Waals surface area (Å²) in [6.07, 6.45) is 0.485. The van der Waals surface area contributed by atoms with Crippen LogP contribution in [0.15, 0.2) is 30.3 Å². The van der Waals surface area contributed by atoms with E-state index >= 15 is 0 Å². The summed E-state index contributed by atoms with van der Waals surface area (Å²) in [5.74, 6) is 0.0486. The highest BCUT2D eigenvalue weighted by Gasteiger charge is 2.09. The van der Waals surface area contributed by atoms with Gasteiger partial charge in [-0.25, -0.2) is 4.68 Å². The average Bonchev–Trinajstić information content (AvgIpc) is 2.81. The van der Waals surface area contributed by atoms with Crippen LogP contribution in [0.1, 0.15) is 23.4 Å². The van der Waals surface area contributed by atoms with Crippen LogP contribution in [-0.4, -0.2) is 29.3 Å². The highest BCUT2D eigenvalue weighted by Crippen LogP contribution is 2.16. The van der Waals surface area contributed by atoms with E-state index < -0.39 is 0 Å². The fraction of sp³-hybridized carbons (Fsp3) is 0.375. The Kier molecular flexibility index (Phi) is 7.08. The number of carbonyl (C=O) groups excluding carboxylic acids is 1. The molecular formula is C16H23ClN4O. The molecule has 2 aromatic rings. The van der Waals surface area contributed by atoms with E-state index in [2.05, 4.69) is 15.7 Å². The Morgan fingerprint density at radius 3 is 2.64 bits per heavy atom. The van der Waals surface area contributed by atoms with Gasteiger partial charge in [-0.15, -0.1) is 12.4 Å². The van der Waals surface area contributed by atoms with Gasteiger partial charge >= 0.3 is 0 Å².